The van der Waals surface area contributed by atoms with Crippen LogP contribution in [-0.2, 0) is 6.42 Å². The van der Waals surface area contributed by atoms with Gasteiger partial charge < -0.3 is 10.2 Å². The third-order valence-electron chi connectivity index (χ3n) is 4.20. The highest BCUT2D eigenvalue weighted by molar-refractivity contribution is 7.09. The van der Waals surface area contributed by atoms with Gasteiger partial charge in [-0.1, -0.05) is 12.8 Å². The molecule has 5 nitrogen and oxygen atoms in total. The molecule has 0 radical (unpaired) electrons. The Bertz CT molecular complexity index is 602. The van der Waals surface area contributed by atoms with E-state index in [9.17, 15) is 4.79 Å². The molecule has 1 aliphatic heterocycles. The lowest BCUT2D eigenvalue weighted by molar-refractivity contribution is 0.176. The first-order valence-electron chi connectivity index (χ1n) is 8.17. The Morgan fingerprint density at radius 2 is 2.13 bits per heavy atom. The fraction of sp³-hybridized carbons (Fsp3) is 0.471. The second kappa shape index (κ2) is 8.06. The molecule has 1 atom stereocenters. The van der Waals surface area contributed by atoms with Crippen molar-refractivity contribution in [2.75, 3.05) is 13.1 Å². The van der Waals surface area contributed by atoms with Crippen molar-refractivity contribution < 1.29 is 4.79 Å². The van der Waals surface area contributed by atoms with Gasteiger partial charge in [0.2, 0.25) is 0 Å². The monoisotopic (exact) mass is 330 g/mol. The summed E-state index contributed by atoms with van der Waals surface area (Å²) in [5.41, 5.74) is 1.18. The summed E-state index contributed by atoms with van der Waals surface area (Å²) in [7, 11) is 0. The molecule has 23 heavy (non-hydrogen) atoms. The molecule has 1 N–H and O–H groups in total. The zero-order valence-electron chi connectivity index (χ0n) is 13.1. The number of likely N-dealkylation sites (tertiary alicyclic amines) is 1. The minimum Gasteiger partial charge on any atom is -0.338 e. The van der Waals surface area contributed by atoms with Gasteiger partial charge in [0.1, 0.15) is 0 Å². The van der Waals surface area contributed by atoms with Crippen LogP contribution in [0.5, 0.6) is 0 Å². The highest BCUT2D eigenvalue weighted by Gasteiger charge is 2.26. The number of hydrogen-bond donors (Lipinski definition) is 1. The molecule has 122 valence electrons. The Morgan fingerprint density at radius 1 is 1.26 bits per heavy atom. The van der Waals surface area contributed by atoms with Crippen LogP contribution in [0.2, 0.25) is 0 Å². The molecule has 1 saturated heterocycles. The summed E-state index contributed by atoms with van der Waals surface area (Å²) in [6, 6.07) is 4.23. The number of urea groups is 1. The van der Waals surface area contributed by atoms with Crippen molar-refractivity contribution in [1.29, 1.82) is 0 Å². The van der Waals surface area contributed by atoms with E-state index in [4.69, 9.17) is 0 Å². The van der Waals surface area contributed by atoms with Crippen LogP contribution in [-0.4, -0.2) is 34.0 Å². The normalized spacial score (nSPS) is 18.4. The second-order valence-electron chi connectivity index (χ2n) is 5.75. The van der Waals surface area contributed by atoms with Crippen molar-refractivity contribution in [1.82, 2.24) is 20.2 Å². The molecule has 0 spiro atoms. The minimum atomic E-state index is 0.0327. The predicted octanol–water partition coefficient (Wildman–Crippen LogP) is 3.41. The number of carbonyl (C=O) groups is 1. The van der Waals surface area contributed by atoms with Gasteiger partial charge in [-0.3, -0.25) is 4.98 Å². The number of amides is 2. The van der Waals surface area contributed by atoms with Crippen LogP contribution in [0, 0.1) is 0 Å². The third kappa shape index (κ3) is 4.28. The molecule has 3 rings (SSSR count). The number of rotatable bonds is 4. The van der Waals surface area contributed by atoms with E-state index in [1.54, 1.807) is 29.9 Å². The highest BCUT2D eigenvalue weighted by atomic mass is 32.1. The summed E-state index contributed by atoms with van der Waals surface area (Å²) < 4.78 is 0. The van der Waals surface area contributed by atoms with Crippen LogP contribution >= 0.6 is 11.3 Å². The van der Waals surface area contributed by atoms with Crippen molar-refractivity contribution in [3.8, 4) is 0 Å². The lowest BCUT2D eigenvalue weighted by Crippen LogP contribution is -2.42. The molecule has 0 saturated carbocycles. The lowest BCUT2D eigenvalue weighted by Gasteiger charge is -2.30. The van der Waals surface area contributed by atoms with Crippen molar-refractivity contribution in [2.24, 2.45) is 0 Å². The van der Waals surface area contributed by atoms with Gasteiger partial charge in [0.15, 0.2) is 0 Å². The summed E-state index contributed by atoms with van der Waals surface area (Å²) in [6.07, 6.45) is 10.6. The summed E-state index contributed by atoms with van der Waals surface area (Å²) in [4.78, 5) is 23.0. The first-order chi connectivity index (χ1) is 11.3. The Morgan fingerprint density at radius 3 is 2.91 bits per heavy atom. The van der Waals surface area contributed by atoms with E-state index in [2.05, 4.69) is 15.3 Å². The van der Waals surface area contributed by atoms with Gasteiger partial charge >= 0.3 is 6.03 Å². The van der Waals surface area contributed by atoms with E-state index in [-0.39, 0.29) is 12.1 Å². The van der Waals surface area contributed by atoms with Crippen LogP contribution in [0.3, 0.4) is 0 Å². The van der Waals surface area contributed by atoms with Gasteiger partial charge in [0, 0.05) is 43.5 Å². The van der Waals surface area contributed by atoms with E-state index in [1.165, 1.54) is 12.0 Å². The molecule has 0 unspecified atom stereocenters. The molecule has 0 aliphatic carbocycles. The molecule has 2 amide bonds. The molecule has 0 bridgehead atoms. The van der Waals surface area contributed by atoms with Gasteiger partial charge in [0.25, 0.3) is 0 Å². The topological polar surface area (TPSA) is 58.1 Å². The number of hydrogen-bond acceptors (Lipinski definition) is 4. The molecule has 2 aromatic heterocycles. The largest absolute Gasteiger partial charge is 0.338 e. The first-order valence-corrected chi connectivity index (χ1v) is 9.05. The maximum absolute atomic E-state index is 12.6. The third-order valence-corrected chi connectivity index (χ3v) is 5.04. The van der Waals surface area contributed by atoms with Crippen LogP contribution in [0.15, 0.2) is 36.1 Å². The predicted molar refractivity (Wildman–Crippen MR) is 91.4 cm³/mol. The van der Waals surface area contributed by atoms with Gasteiger partial charge in [-0.05, 0) is 30.5 Å². The summed E-state index contributed by atoms with van der Waals surface area (Å²) in [5, 5.41) is 6.08. The quantitative estimate of drug-likeness (QED) is 0.934. The molecule has 0 aromatic carbocycles. The van der Waals surface area contributed by atoms with Crippen LogP contribution in [0.4, 0.5) is 4.79 Å². The molecule has 3 heterocycles. The SMILES string of the molecule is O=C(NCCc1nccs1)N1CCCCC[C@H]1c1ccncc1. The number of pyridine rings is 1. The van der Waals surface area contributed by atoms with E-state index in [0.717, 1.165) is 37.2 Å². The fourth-order valence-corrected chi connectivity index (χ4v) is 3.66. The molecule has 2 aromatic rings. The zero-order chi connectivity index (χ0) is 15.9. The van der Waals surface area contributed by atoms with Crippen LogP contribution < -0.4 is 5.32 Å². The van der Waals surface area contributed by atoms with Gasteiger partial charge in [-0.15, -0.1) is 11.3 Å². The highest BCUT2D eigenvalue weighted by Crippen LogP contribution is 2.29. The van der Waals surface area contributed by atoms with Crippen molar-refractivity contribution in [3.63, 3.8) is 0 Å². The van der Waals surface area contributed by atoms with E-state index >= 15 is 0 Å². The van der Waals surface area contributed by atoms with Crippen LogP contribution in [0.1, 0.15) is 42.3 Å². The summed E-state index contributed by atoms with van der Waals surface area (Å²) in [6.45, 7) is 1.45. The number of nitrogens with one attached hydrogen (secondary N) is 1. The van der Waals surface area contributed by atoms with E-state index < -0.39 is 0 Å². The molecular weight excluding hydrogens is 308 g/mol. The Hall–Kier alpha value is -1.95. The molecule has 1 fully saturated rings. The average Bonchev–Trinajstić information content (AvgIpc) is 2.97. The van der Waals surface area contributed by atoms with Crippen molar-refractivity contribution in [2.45, 2.75) is 38.1 Å². The lowest BCUT2D eigenvalue weighted by atomic mass is 10.0. The van der Waals surface area contributed by atoms with E-state index in [1.807, 2.05) is 22.4 Å². The maximum atomic E-state index is 12.6. The Balaban J connectivity index is 1.63. The average molecular weight is 330 g/mol. The van der Waals surface area contributed by atoms with Gasteiger partial charge in [-0.2, -0.15) is 0 Å². The number of thiazole rings is 1. The number of carbonyl (C=O) groups excluding carboxylic acids is 1. The summed E-state index contributed by atoms with van der Waals surface area (Å²) >= 11 is 1.63. The van der Waals surface area contributed by atoms with Crippen LogP contribution in [0.25, 0.3) is 0 Å². The smallest absolute Gasteiger partial charge is 0.317 e. The fourth-order valence-electron chi connectivity index (χ4n) is 3.04. The summed E-state index contributed by atoms with van der Waals surface area (Å²) in [5.74, 6) is 0. The standard InChI is InChI=1S/C17H22N4OS/c22-17(20-10-7-16-19-11-13-23-16)21-12-3-1-2-4-15(21)14-5-8-18-9-6-14/h5-6,8-9,11,13,15H,1-4,7,10,12H2,(H,20,22)/t15-/m0/s1. The molecule has 1 aliphatic rings. The maximum Gasteiger partial charge on any atom is 0.317 e. The van der Waals surface area contributed by atoms with Crippen molar-refractivity contribution >= 4 is 17.4 Å². The molecule has 6 heteroatoms. The minimum absolute atomic E-state index is 0.0327. The van der Waals surface area contributed by atoms with E-state index in [0.29, 0.717) is 6.54 Å². The first kappa shape index (κ1) is 15.9. The van der Waals surface area contributed by atoms with Gasteiger partial charge in [0.05, 0.1) is 11.0 Å². The second-order valence-corrected chi connectivity index (χ2v) is 6.73. The Kier molecular flexibility index (Phi) is 5.58. The number of aromatic nitrogens is 2. The number of nitrogens with zero attached hydrogens (tertiary/aromatic N) is 3. The van der Waals surface area contributed by atoms with Gasteiger partial charge in [-0.25, -0.2) is 9.78 Å². The van der Waals surface area contributed by atoms with Crippen molar-refractivity contribution in [3.05, 3.63) is 46.7 Å². The molecular formula is C17H22N4OS. The zero-order valence-corrected chi connectivity index (χ0v) is 14.0. The Labute approximate surface area is 140 Å².